The minimum atomic E-state index is -0.544. The third kappa shape index (κ3) is 1.96. The molecule has 0 aliphatic heterocycles. The zero-order valence-corrected chi connectivity index (χ0v) is 9.46. The fourth-order valence-corrected chi connectivity index (χ4v) is 1.81. The predicted octanol–water partition coefficient (Wildman–Crippen LogP) is 2.70. The van der Waals surface area contributed by atoms with E-state index >= 15 is 0 Å². The van der Waals surface area contributed by atoms with Gasteiger partial charge in [0.25, 0.3) is 0 Å². The number of H-pyrrole nitrogens is 1. The first kappa shape index (κ1) is 10.5. The zero-order valence-electron chi connectivity index (χ0n) is 9.46. The van der Waals surface area contributed by atoms with E-state index in [0.717, 1.165) is 16.7 Å². The van der Waals surface area contributed by atoms with Crippen molar-refractivity contribution < 1.29 is 4.52 Å². The first-order valence-corrected chi connectivity index (χ1v) is 5.55. The smallest absolute Gasteiger partial charge is 0.296 e. The molecule has 1 N–H and O–H groups in total. The Labute approximate surface area is 103 Å². The fraction of sp³-hybridized carbons (Fsp3) is 0. The summed E-state index contributed by atoms with van der Waals surface area (Å²) in [6, 6.07) is 17.8. The number of nitrogens with zero attached hydrogens (tertiary/aromatic N) is 1. The lowest BCUT2D eigenvalue weighted by molar-refractivity contribution is 0.388. The molecule has 0 saturated carbocycles. The lowest BCUT2D eigenvalue weighted by Crippen LogP contribution is -1.94. The van der Waals surface area contributed by atoms with E-state index in [1.54, 1.807) is 0 Å². The van der Waals surface area contributed by atoms with Gasteiger partial charge >= 0.3 is 5.76 Å². The Balaban J connectivity index is 1.97. The molecule has 2 aromatic carbocycles. The van der Waals surface area contributed by atoms with Crippen LogP contribution in [-0.2, 0) is 0 Å². The maximum absolute atomic E-state index is 10.9. The Morgan fingerprint density at radius 3 is 2.06 bits per heavy atom. The highest BCUT2D eigenvalue weighted by Crippen LogP contribution is 2.22. The second-order valence-corrected chi connectivity index (χ2v) is 3.89. The van der Waals surface area contributed by atoms with Crippen LogP contribution in [0.15, 0.2) is 63.9 Å². The van der Waals surface area contributed by atoms with E-state index in [4.69, 9.17) is 0 Å². The Morgan fingerprint density at radius 2 is 1.44 bits per heavy atom. The molecule has 4 nitrogen and oxygen atoms in total. The van der Waals surface area contributed by atoms with Crippen molar-refractivity contribution in [2.45, 2.75) is 0 Å². The fourth-order valence-electron chi connectivity index (χ4n) is 1.81. The molecule has 0 amide bonds. The molecule has 0 aliphatic carbocycles. The first-order chi connectivity index (χ1) is 8.83. The second-order valence-electron chi connectivity index (χ2n) is 3.89. The van der Waals surface area contributed by atoms with Crippen molar-refractivity contribution in [1.29, 1.82) is 0 Å². The highest BCUT2D eigenvalue weighted by molar-refractivity contribution is 5.67. The average molecular weight is 238 g/mol. The van der Waals surface area contributed by atoms with Crippen LogP contribution in [0, 0.1) is 0 Å². The van der Waals surface area contributed by atoms with Gasteiger partial charge in [-0.2, -0.15) is 0 Å². The van der Waals surface area contributed by atoms with Gasteiger partial charge in [0.05, 0.1) is 0 Å². The average Bonchev–Trinajstić information content (AvgIpc) is 2.87. The van der Waals surface area contributed by atoms with E-state index in [1.165, 1.54) is 0 Å². The number of aromatic amines is 1. The van der Waals surface area contributed by atoms with Gasteiger partial charge in [0.15, 0.2) is 5.82 Å². The number of hydrogen-bond donors (Lipinski definition) is 1. The minimum absolute atomic E-state index is 0.444. The monoisotopic (exact) mass is 238 g/mol. The second kappa shape index (κ2) is 4.33. The largest absolute Gasteiger partial charge is 0.439 e. The quantitative estimate of drug-likeness (QED) is 0.746. The molecule has 1 aromatic heterocycles. The Hall–Kier alpha value is -2.62. The van der Waals surface area contributed by atoms with Gasteiger partial charge in [0.2, 0.25) is 0 Å². The van der Waals surface area contributed by atoms with Crippen LogP contribution in [0.3, 0.4) is 0 Å². The van der Waals surface area contributed by atoms with E-state index in [-0.39, 0.29) is 0 Å². The lowest BCUT2D eigenvalue weighted by Gasteiger charge is -2.01. The van der Waals surface area contributed by atoms with Crippen LogP contribution in [0.5, 0.6) is 0 Å². The lowest BCUT2D eigenvalue weighted by atomic mass is 10.0. The molecule has 1 heterocycles. The van der Waals surface area contributed by atoms with Crippen molar-refractivity contribution in [3.05, 3.63) is 65.1 Å². The van der Waals surface area contributed by atoms with Crippen LogP contribution in [0.1, 0.15) is 0 Å². The van der Waals surface area contributed by atoms with E-state index < -0.39 is 5.76 Å². The summed E-state index contributed by atoms with van der Waals surface area (Å²) >= 11 is 0. The van der Waals surface area contributed by atoms with Crippen molar-refractivity contribution in [2.24, 2.45) is 0 Å². The summed E-state index contributed by atoms with van der Waals surface area (Å²) in [6.07, 6.45) is 0. The van der Waals surface area contributed by atoms with Crippen LogP contribution < -0.4 is 5.76 Å². The highest BCUT2D eigenvalue weighted by Gasteiger charge is 2.04. The summed E-state index contributed by atoms with van der Waals surface area (Å²) in [5, 5.41) is 3.65. The summed E-state index contributed by atoms with van der Waals surface area (Å²) in [5.41, 5.74) is 3.09. The van der Waals surface area contributed by atoms with Crippen molar-refractivity contribution >= 4 is 0 Å². The SMILES string of the molecule is O=c1[nH]c(-c2ccc(-c3ccccc3)cc2)no1. The molecule has 0 aliphatic rings. The zero-order chi connectivity index (χ0) is 12.4. The molecule has 0 saturated heterocycles. The molecule has 0 spiro atoms. The van der Waals surface area contributed by atoms with Gasteiger partial charge in [0.1, 0.15) is 0 Å². The van der Waals surface area contributed by atoms with Crippen LogP contribution in [-0.4, -0.2) is 10.1 Å². The van der Waals surface area contributed by atoms with Crippen LogP contribution >= 0.6 is 0 Å². The topological polar surface area (TPSA) is 58.9 Å². The van der Waals surface area contributed by atoms with Gasteiger partial charge in [-0.1, -0.05) is 59.8 Å². The van der Waals surface area contributed by atoms with Crippen molar-refractivity contribution in [3.63, 3.8) is 0 Å². The number of hydrogen-bond acceptors (Lipinski definition) is 3. The minimum Gasteiger partial charge on any atom is -0.296 e. The summed E-state index contributed by atoms with van der Waals surface area (Å²) in [6.45, 7) is 0. The molecule has 18 heavy (non-hydrogen) atoms. The Bertz CT molecular complexity index is 696. The number of rotatable bonds is 2. The van der Waals surface area contributed by atoms with E-state index in [1.807, 2.05) is 54.6 Å². The normalized spacial score (nSPS) is 10.4. The molecule has 3 rings (SSSR count). The third-order valence-electron chi connectivity index (χ3n) is 2.71. The summed E-state index contributed by atoms with van der Waals surface area (Å²) in [5.74, 6) is -0.100. The van der Waals surface area contributed by atoms with Crippen molar-refractivity contribution in [2.75, 3.05) is 0 Å². The molecule has 0 fully saturated rings. The predicted molar refractivity (Wildman–Crippen MR) is 68.0 cm³/mol. The third-order valence-corrected chi connectivity index (χ3v) is 2.71. The van der Waals surface area contributed by atoms with Gasteiger partial charge < -0.3 is 0 Å². The molecule has 4 heteroatoms. The molecule has 3 aromatic rings. The van der Waals surface area contributed by atoms with Crippen LogP contribution in [0.2, 0.25) is 0 Å². The van der Waals surface area contributed by atoms with Gasteiger partial charge in [-0.3, -0.25) is 9.51 Å². The summed E-state index contributed by atoms with van der Waals surface area (Å²) in [4.78, 5) is 13.4. The summed E-state index contributed by atoms with van der Waals surface area (Å²) < 4.78 is 4.47. The van der Waals surface area contributed by atoms with E-state index in [2.05, 4.69) is 14.7 Å². The highest BCUT2D eigenvalue weighted by atomic mass is 16.5. The van der Waals surface area contributed by atoms with Crippen molar-refractivity contribution in [3.8, 4) is 22.5 Å². The molecular weight excluding hydrogens is 228 g/mol. The molecule has 88 valence electrons. The molecule has 0 unspecified atom stereocenters. The van der Waals surface area contributed by atoms with Gasteiger partial charge in [0, 0.05) is 5.56 Å². The standard InChI is InChI=1S/C14H10N2O2/c17-14-15-13(16-18-14)12-8-6-11(7-9-12)10-4-2-1-3-5-10/h1-9H,(H,15,16,17). The maximum atomic E-state index is 10.9. The van der Waals surface area contributed by atoms with Crippen molar-refractivity contribution in [1.82, 2.24) is 10.1 Å². The van der Waals surface area contributed by atoms with Gasteiger partial charge in [-0.05, 0) is 11.1 Å². The Morgan fingerprint density at radius 1 is 0.833 bits per heavy atom. The first-order valence-electron chi connectivity index (χ1n) is 5.55. The van der Waals surface area contributed by atoms with E-state index in [0.29, 0.717) is 5.82 Å². The molecule has 0 atom stereocenters. The number of nitrogens with one attached hydrogen (secondary N) is 1. The number of benzene rings is 2. The van der Waals surface area contributed by atoms with E-state index in [9.17, 15) is 4.79 Å². The molecular formula is C14H10N2O2. The van der Waals surface area contributed by atoms with Crippen LogP contribution in [0.4, 0.5) is 0 Å². The number of aromatic nitrogens is 2. The van der Waals surface area contributed by atoms with Crippen LogP contribution in [0.25, 0.3) is 22.5 Å². The molecule has 0 bridgehead atoms. The maximum Gasteiger partial charge on any atom is 0.439 e. The Kier molecular flexibility index (Phi) is 2.53. The summed E-state index contributed by atoms with van der Waals surface area (Å²) in [7, 11) is 0. The molecule has 0 radical (unpaired) electrons. The van der Waals surface area contributed by atoms with Gasteiger partial charge in [-0.25, -0.2) is 4.79 Å². The van der Waals surface area contributed by atoms with Gasteiger partial charge in [-0.15, -0.1) is 0 Å².